The molecule has 2 N–H and O–H groups in total. The van der Waals surface area contributed by atoms with Gasteiger partial charge in [-0.3, -0.25) is 4.79 Å². The number of rotatable bonds is 8. The molecule has 0 fully saturated rings. The molecule has 0 aliphatic rings. The minimum absolute atomic E-state index is 0.129. The van der Waals surface area contributed by atoms with Crippen LogP contribution in [-0.2, 0) is 16.1 Å². The molecule has 0 aromatic heterocycles. The van der Waals surface area contributed by atoms with Crippen molar-refractivity contribution in [2.45, 2.75) is 39.7 Å². The first-order valence-corrected chi connectivity index (χ1v) is 7.92. The number of nitrogens with two attached hydrogens (primary N) is 1. The number of hydrogen-bond donors (Lipinski definition) is 1. The van der Waals surface area contributed by atoms with Gasteiger partial charge in [0, 0.05) is 10.9 Å². The lowest BCUT2D eigenvalue weighted by Gasteiger charge is -2.19. The minimum Gasteiger partial charge on any atom is -0.461 e. The molecular weight excluding hydrogens is 318 g/mol. The Balaban J connectivity index is 2.31. The number of carbonyl (C=O) groups is 1. The predicted molar refractivity (Wildman–Crippen MR) is 85.2 cm³/mol. The van der Waals surface area contributed by atoms with E-state index in [1.54, 1.807) is 0 Å². The fraction of sp³-hybridized carbons (Fsp3) is 0.562. The Kier molecular flexibility index (Phi) is 7.85. The van der Waals surface area contributed by atoms with E-state index in [1.807, 2.05) is 24.3 Å². The summed E-state index contributed by atoms with van der Waals surface area (Å²) < 4.78 is 6.31. The third-order valence-corrected chi connectivity index (χ3v) is 4.04. The molecule has 1 aromatic carbocycles. The summed E-state index contributed by atoms with van der Waals surface area (Å²) in [5.41, 5.74) is 6.60. The molecule has 4 heteroatoms. The molecule has 1 rings (SSSR count). The van der Waals surface area contributed by atoms with Gasteiger partial charge in [0.15, 0.2) is 0 Å². The first kappa shape index (κ1) is 17.2. The van der Waals surface area contributed by atoms with Crippen molar-refractivity contribution < 1.29 is 9.53 Å². The van der Waals surface area contributed by atoms with E-state index in [9.17, 15) is 4.79 Å². The summed E-state index contributed by atoms with van der Waals surface area (Å²) in [6.45, 7) is 5.37. The summed E-state index contributed by atoms with van der Waals surface area (Å²) in [5.74, 6) is 0.925. The highest BCUT2D eigenvalue weighted by Crippen LogP contribution is 2.20. The molecule has 0 aliphatic heterocycles. The van der Waals surface area contributed by atoms with Gasteiger partial charge < -0.3 is 10.5 Å². The topological polar surface area (TPSA) is 52.3 Å². The summed E-state index contributed by atoms with van der Waals surface area (Å²) in [7, 11) is 0. The standard InChI is InChI=1S/C16H24BrNO2/c1-12(2)14(9-10-18)5-8-16(19)20-11-13-3-6-15(17)7-4-13/h3-4,6-7,12,14H,5,8-11,18H2,1-2H3. The van der Waals surface area contributed by atoms with Crippen molar-refractivity contribution in [1.29, 1.82) is 0 Å². The number of esters is 1. The van der Waals surface area contributed by atoms with Gasteiger partial charge in [-0.15, -0.1) is 0 Å². The average molecular weight is 342 g/mol. The van der Waals surface area contributed by atoms with Crippen LogP contribution in [0.3, 0.4) is 0 Å². The van der Waals surface area contributed by atoms with E-state index < -0.39 is 0 Å². The summed E-state index contributed by atoms with van der Waals surface area (Å²) in [6.07, 6.45) is 2.30. The number of halogens is 1. The highest BCUT2D eigenvalue weighted by atomic mass is 79.9. The minimum atomic E-state index is -0.129. The van der Waals surface area contributed by atoms with Crippen molar-refractivity contribution in [3.8, 4) is 0 Å². The Bertz CT molecular complexity index is 403. The Morgan fingerprint density at radius 2 is 1.90 bits per heavy atom. The van der Waals surface area contributed by atoms with E-state index in [0.717, 1.165) is 22.9 Å². The second-order valence-corrected chi connectivity index (χ2v) is 6.32. The van der Waals surface area contributed by atoms with Gasteiger partial charge in [-0.2, -0.15) is 0 Å². The lowest BCUT2D eigenvalue weighted by Crippen LogP contribution is -2.16. The zero-order valence-electron chi connectivity index (χ0n) is 12.3. The van der Waals surface area contributed by atoms with Gasteiger partial charge in [-0.1, -0.05) is 41.9 Å². The van der Waals surface area contributed by atoms with E-state index >= 15 is 0 Å². The Labute approximate surface area is 130 Å². The summed E-state index contributed by atoms with van der Waals surface area (Å²) in [4.78, 5) is 11.8. The van der Waals surface area contributed by atoms with Gasteiger partial charge >= 0.3 is 5.97 Å². The average Bonchev–Trinajstić information content (AvgIpc) is 2.42. The van der Waals surface area contributed by atoms with Crippen molar-refractivity contribution in [3.05, 3.63) is 34.3 Å². The molecule has 0 radical (unpaired) electrons. The largest absolute Gasteiger partial charge is 0.461 e. The zero-order chi connectivity index (χ0) is 15.0. The maximum atomic E-state index is 11.8. The summed E-state index contributed by atoms with van der Waals surface area (Å²) >= 11 is 3.38. The quantitative estimate of drug-likeness (QED) is 0.729. The molecule has 0 aliphatic carbocycles. The van der Waals surface area contributed by atoms with E-state index in [4.69, 9.17) is 10.5 Å². The Morgan fingerprint density at radius 1 is 1.25 bits per heavy atom. The normalized spacial score (nSPS) is 12.4. The highest BCUT2D eigenvalue weighted by Gasteiger charge is 2.15. The second kappa shape index (κ2) is 9.14. The van der Waals surface area contributed by atoms with Crippen LogP contribution in [0.15, 0.2) is 28.7 Å². The molecule has 0 saturated heterocycles. The predicted octanol–water partition coefficient (Wildman–Crippen LogP) is 3.89. The van der Waals surface area contributed by atoms with Crippen LogP contribution in [0.2, 0.25) is 0 Å². The Hall–Kier alpha value is -0.870. The van der Waals surface area contributed by atoms with E-state index in [1.165, 1.54) is 0 Å². The highest BCUT2D eigenvalue weighted by molar-refractivity contribution is 9.10. The third kappa shape index (κ3) is 6.53. The molecule has 0 saturated carbocycles. The SMILES string of the molecule is CC(C)C(CCN)CCC(=O)OCc1ccc(Br)cc1. The molecule has 3 nitrogen and oxygen atoms in total. The molecular formula is C16H24BrNO2. The Morgan fingerprint density at radius 3 is 2.45 bits per heavy atom. The van der Waals surface area contributed by atoms with Crippen LogP contribution < -0.4 is 5.73 Å². The van der Waals surface area contributed by atoms with Crippen molar-refractivity contribution in [1.82, 2.24) is 0 Å². The first-order chi connectivity index (χ1) is 9.52. The van der Waals surface area contributed by atoms with Crippen LogP contribution in [0, 0.1) is 11.8 Å². The number of benzene rings is 1. The molecule has 1 unspecified atom stereocenters. The van der Waals surface area contributed by atoms with Crippen LogP contribution in [0.1, 0.15) is 38.7 Å². The van der Waals surface area contributed by atoms with Crippen LogP contribution in [0.4, 0.5) is 0 Å². The van der Waals surface area contributed by atoms with Crippen LogP contribution in [0.25, 0.3) is 0 Å². The number of carbonyl (C=O) groups excluding carboxylic acids is 1. The van der Waals surface area contributed by atoms with Crippen molar-refractivity contribution >= 4 is 21.9 Å². The van der Waals surface area contributed by atoms with Crippen LogP contribution in [0.5, 0.6) is 0 Å². The first-order valence-electron chi connectivity index (χ1n) is 7.13. The van der Waals surface area contributed by atoms with Gasteiger partial charge in [-0.25, -0.2) is 0 Å². The lowest BCUT2D eigenvalue weighted by molar-refractivity contribution is -0.145. The van der Waals surface area contributed by atoms with Crippen LogP contribution >= 0.6 is 15.9 Å². The van der Waals surface area contributed by atoms with Gasteiger partial charge in [0.1, 0.15) is 6.61 Å². The van der Waals surface area contributed by atoms with Gasteiger partial charge in [0.25, 0.3) is 0 Å². The van der Waals surface area contributed by atoms with E-state index in [0.29, 0.717) is 31.4 Å². The van der Waals surface area contributed by atoms with Gasteiger partial charge in [-0.05, 0) is 48.9 Å². The second-order valence-electron chi connectivity index (χ2n) is 5.41. The van der Waals surface area contributed by atoms with Gasteiger partial charge in [0.05, 0.1) is 0 Å². The smallest absolute Gasteiger partial charge is 0.306 e. The number of ether oxygens (including phenoxy) is 1. The molecule has 0 bridgehead atoms. The lowest BCUT2D eigenvalue weighted by atomic mass is 9.88. The molecule has 0 spiro atoms. The number of hydrogen-bond acceptors (Lipinski definition) is 3. The van der Waals surface area contributed by atoms with Crippen molar-refractivity contribution in [2.24, 2.45) is 17.6 Å². The maximum Gasteiger partial charge on any atom is 0.306 e. The summed E-state index contributed by atoms with van der Waals surface area (Å²) in [5, 5.41) is 0. The van der Waals surface area contributed by atoms with Crippen LogP contribution in [-0.4, -0.2) is 12.5 Å². The fourth-order valence-electron chi connectivity index (χ4n) is 2.14. The summed E-state index contributed by atoms with van der Waals surface area (Å²) in [6, 6.07) is 7.78. The zero-order valence-corrected chi connectivity index (χ0v) is 13.9. The maximum absolute atomic E-state index is 11.8. The molecule has 20 heavy (non-hydrogen) atoms. The monoisotopic (exact) mass is 341 g/mol. The molecule has 1 aromatic rings. The third-order valence-electron chi connectivity index (χ3n) is 3.51. The fourth-order valence-corrected chi connectivity index (χ4v) is 2.41. The van der Waals surface area contributed by atoms with E-state index in [-0.39, 0.29) is 5.97 Å². The van der Waals surface area contributed by atoms with Crippen molar-refractivity contribution in [2.75, 3.05) is 6.54 Å². The van der Waals surface area contributed by atoms with Gasteiger partial charge in [0.2, 0.25) is 0 Å². The van der Waals surface area contributed by atoms with E-state index in [2.05, 4.69) is 29.8 Å². The molecule has 1 atom stereocenters. The molecule has 0 heterocycles. The molecule has 112 valence electrons. The molecule has 0 amide bonds. The van der Waals surface area contributed by atoms with Crippen molar-refractivity contribution in [3.63, 3.8) is 0 Å².